The van der Waals surface area contributed by atoms with E-state index in [1.165, 1.54) is 4.31 Å². The van der Waals surface area contributed by atoms with Crippen molar-refractivity contribution in [2.24, 2.45) is 0 Å². The minimum atomic E-state index is -3.83. The SMILES string of the molecule is N#CCCNC(=O)[C@@H]1C[C@@H](S)CN1S(=O)(=O)c1ccc2ccccc2c1. The van der Waals surface area contributed by atoms with Gasteiger partial charge in [-0.2, -0.15) is 22.2 Å². The Morgan fingerprint density at radius 1 is 1.27 bits per heavy atom. The summed E-state index contributed by atoms with van der Waals surface area (Å²) in [4.78, 5) is 12.6. The Kier molecular flexibility index (Phi) is 5.51. The van der Waals surface area contributed by atoms with Crippen LogP contribution in [0.1, 0.15) is 12.8 Å². The quantitative estimate of drug-likeness (QED) is 0.604. The molecule has 1 fully saturated rings. The summed E-state index contributed by atoms with van der Waals surface area (Å²) in [5.74, 6) is -0.388. The average molecular weight is 390 g/mol. The van der Waals surface area contributed by atoms with Crippen LogP contribution in [0.15, 0.2) is 47.4 Å². The number of nitrogens with one attached hydrogen (secondary N) is 1. The van der Waals surface area contributed by atoms with Crippen molar-refractivity contribution < 1.29 is 13.2 Å². The van der Waals surface area contributed by atoms with Gasteiger partial charge in [-0.05, 0) is 29.3 Å². The van der Waals surface area contributed by atoms with Crippen LogP contribution in [0, 0.1) is 11.3 Å². The third kappa shape index (κ3) is 3.70. The first kappa shape index (κ1) is 18.7. The van der Waals surface area contributed by atoms with Crippen LogP contribution in [0.5, 0.6) is 0 Å². The van der Waals surface area contributed by atoms with Crippen LogP contribution in [-0.2, 0) is 14.8 Å². The van der Waals surface area contributed by atoms with Crippen molar-refractivity contribution in [2.75, 3.05) is 13.1 Å². The number of nitrogens with zero attached hydrogens (tertiary/aromatic N) is 2. The van der Waals surface area contributed by atoms with E-state index >= 15 is 0 Å². The Hall–Kier alpha value is -2.08. The summed E-state index contributed by atoms with van der Waals surface area (Å²) in [7, 11) is -3.83. The number of amides is 1. The number of nitriles is 1. The highest BCUT2D eigenvalue weighted by molar-refractivity contribution is 7.89. The third-order valence-corrected chi connectivity index (χ3v) is 6.64. The van der Waals surface area contributed by atoms with Crippen molar-refractivity contribution in [1.29, 1.82) is 5.26 Å². The Morgan fingerprint density at radius 2 is 2.00 bits per heavy atom. The molecule has 26 heavy (non-hydrogen) atoms. The molecule has 8 heteroatoms. The van der Waals surface area contributed by atoms with Crippen molar-refractivity contribution in [1.82, 2.24) is 9.62 Å². The van der Waals surface area contributed by atoms with E-state index in [9.17, 15) is 13.2 Å². The predicted octanol–water partition coefficient (Wildman–Crippen LogP) is 1.93. The van der Waals surface area contributed by atoms with Crippen LogP contribution in [0.4, 0.5) is 0 Å². The first-order chi connectivity index (χ1) is 12.4. The number of thiol groups is 1. The molecule has 1 aliphatic rings. The monoisotopic (exact) mass is 389 g/mol. The van der Waals surface area contributed by atoms with E-state index in [1.807, 2.05) is 30.3 Å². The van der Waals surface area contributed by atoms with Crippen LogP contribution in [0.2, 0.25) is 0 Å². The minimum Gasteiger partial charge on any atom is -0.354 e. The van der Waals surface area contributed by atoms with Gasteiger partial charge in [-0.25, -0.2) is 8.42 Å². The lowest BCUT2D eigenvalue weighted by Gasteiger charge is -2.23. The van der Waals surface area contributed by atoms with Crippen molar-refractivity contribution in [2.45, 2.75) is 29.0 Å². The van der Waals surface area contributed by atoms with E-state index in [2.05, 4.69) is 17.9 Å². The minimum absolute atomic E-state index is 0.161. The molecule has 1 amide bonds. The Labute approximate surface area is 158 Å². The van der Waals surface area contributed by atoms with Gasteiger partial charge in [0.1, 0.15) is 6.04 Å². The maximum atomic E-state index is 13.1. The number of carbonyl (C=O) groups excluding carboxylic acids is 1. The second-order valence-electron chi connectivity index (χ2n) is 6.19. The van der Waals surface area contributed by atoms with E-state index in [1.54, 1.807) is 18.2 Å². The molecule has 1 aliphatic heterocycles. The predicted molar refractivity (Wildman–Crippen MR) is 102 cm³/mol. The summed E-state index contributed by atoms with van der Waals surface area (Å²) in [6.45, 7) is 0.377. The molecule has 0 unspecified atom stereocenters. The van der Waals surface area contributed by atoms with Crippen molar-refractivity contribution in [3.63, 3.8) is 0 Å². The van der Waals surface area contributed by atoms with E-state index in [-0.39, 0.29) is 35.6 Å². The van der Waals surface area contributed by atoms with Gasteiger partial charge in [0, 0.05) is 18.3 Å². The highest BCUT2D eigenvalue weighted by Gasteiger charge is 2.42. The molecule has 6 nitrogen and oxygen atoms in total. The van der Waals surface area contributed by atoms with Crippen molar-refractivity contribution in [3.05, 3.63) is 42.5 Å². The van der Waals surface area contributed by atoms with Gasteiger partial charge in [-0.3, -0.25) is 4.79 Å². The molecule has 1 saturated heterocycles. The largest absolute Gasteiger partial charge is 0.354 e. The average Bonchev–Trinajstić information content (AvgIpc) is 3.04. The second-order valence-corrected chi connectivity index (χ2v) is 8.81. The van der Waals surface area contributed by atoms with Crippen LogP contribution in [0.3, 0.4) is 0 Å². The van der Waals surface area contributed by atoms with Gasteiger partial charge in [-0.1, -0.05) is 30.3 Å². The van der Waals surface area contributed by atoms with Gasteiger partial charge in [-0.15, -0.1) is 0 Å². The molecule has 2 aromatic carbocycles. The Balaban J connectivity index is 1.90. The van der Waals surface area contributed by atoms with Crippen LogP contribution >= 0.6 is 12.6 Å². The Morgan fingerprint density at radius 3 is 2.73 bits per heavy atom. The molecule has 0 bridgehead atoms. The van der Waals surface area contributed by atoms with Crippen LogP contribution in [-0.4, -0.2) is 43.0 Å². The van der Waals surface area contributed by atoms with Crippen LogP contribution < -0.4 is 5.32 Å². The summed E-state index contributed by atoms with van der Waals surface area (Å²) in [5, 5.41) is 12.8. The fourth-order valence-corrected chi connectivity index (χ4v) is 5.28. The zero-order chi connectivity index (χ0) is 18.7. The molecule has 3 rings (SSSR count). The number of fused-ring (bicyclic) bond motifs is 1. The summed E-state index contributed by atoms with van der Waals surface area (Å²) >= 11 is 4.38. The standard InChI is InChI=1S/C18H19N3O3S2/c19-8-3-9-20-18(22)17-11-15(25)12-21(17)26(23,24)16-7-6-13-4-1-2-5-14(13)10-16/h1-2,4-7,10,15,17,25H,3,9,11-12H2,(H,20,22)/t15-,17+/m1/s1. The molecule has 2 aromatic rings. The van der Waals surface area contributed by atoms with Gasteiger partial charge < -0.3 is 5.32 Å². The lowest BCUT2D eigenvalue weighted by atomic mass is 10.1. The van der Waals surface area contributed by atoms with E-state index in [4.69, 9.17) is 5.26 Å². The molecule has 0 radical (unpaired) electrons. The zero-order valence-corrected chi connectivity index (χ0v) is 15.7. The number of rotatable bonds is 5. The molecule has 0 aromatic heterocycles. The molecule has 2 atom stereocenters. The lowest BCUT2D eigenvalue weighted by Crippen LogP contribution is -2.46. The molecule has 0 saturated carbocycles. The van der Waals surface area contributed by atoms with E-state index < -0.39 is 16.1 Å². The molecule has 1 heterocycles. The number of hydrogen-bond acceptors (Lipinski definition) is 5. The maximum Gasteiger partial charge on any atom is 0.243 e. The molecule has 0 aliphatic carbocycles. The first-order valence-electron chi connectivity index (χ1n) is 8.27. The van der Waals surface area contributed by atoms with Crippen molar-refractivity contribution >= 4 is 39.3 Å². The van der Waals surface area contributed by atoms with E-state index in [0.717, 1.165) is 10.8 Å². The molecular formula is C18H19N3O3S2. The summed E-state index contributed by atoms with van der Waals surface area (Å²) in [6.07, 6.45) is 0.522. The maximum absolute atomic E-state index is 13.1. The summed E-state index contributed by atoms with van der Waals surface area (Å²) < 4.78 is 27.5. The third-order valence-electron chi connectivity index (χ3n) is 4.40. The summed E-state index contributed by atoms with van der Waals surface area (Å²) in [5.41, 5.74) is 0. The van der Waals surface area contributed by atoms with Gasteiger partial charge in [0.05, 0.1) is 17.4 Å². The van der Waals surface area contributed by atoms with Gasteiger partial charge in [0.25, 0.3) is 0 Å². The second kappa shape index (κ2) is 7.66. The van der Waals surface area contributed by atoms with Crippen molar-refractivity contribution in [3.8, 4) is 6.07 Å². The molecule has 0 spiro atoms. The van der Waals surface area contributed by atoms with Gasteiger partial charge in [0.2, 0.25) is 15.9 Å². The summed E-state index contributed by atoms with van der Waals surface area (Å²) in [6, 6.07) is 13.6. The zero-order valence-electron chi connectivity index (χ0n) is 14.0. The number of benzene rings is 2. The lowest BCUT2D eigenvalue weighted by molar-refractivity contribution is -0.124. The number of carbonyl (C=O) groups is 1. The van der Waals surface area contributed by atoms with E-state index in [0.29, 0.717) is 6.42 Å². The molecule has 1 N–H and O–H groups in total. The smallest absolute Gasteiger partial charge is 0.243 e. The van der Waals surface area contributed by atoms with Gasteiger partial charge >= 0.3 is 0 Å². The highest BCUT2D eigenvalue weighted by Crippen LogP contribution is 2.30. The fourth-order valence-electron chi connectivity index (χ4n) is 3.11. The van der Waals surface area contributed by atoms with Gasteiger partial charge in [0.15, 0.2) is 0 Å². The molecular weight excluding hydrogens is 370 g/mol. The number of hydrogen-bond donors (Lipinski definition) is 2. The van der Waals surface area contributed by atoms with Crippen LogP contribution in [0.25, 0.3) is 10.8 Å². The fraction of sp³-hybridized carbons (Fsp3) is 0.333. The normalized spacial score (nSPS) is 20.8. The molecule has 136 valence electrons. The number of sulfonamides is 1. The first-order valence-corrected chi connectivity index (χ1v) is 10.2. The highest BCUT2D eigenvalue weighted by atomic mass is 32.2. The topological polar surface area (TPSA) is 90.3 Å². The Bertz CT molecular complexity index is 969.